The van der Waals surface area contributed by atoms with Gasteiger partial charge in [0, 0.05) is 12.1 Å². The van der Waals surface area contributed by atoms with Gasteiger partial charge in [0.05, 0.1) is 0 Å². The molecule has 0 aliphatic heterocycles. The Morgan fingerprint density at radius 3 is 2.00 bits per heavy atom. The summed E-state index contributed by atoms with van der Waals surface area (Å²) in [5.41, 5.74) is 0.698. The Morgan fingerprint density at radius 2 is 1.61 bits per heavy atom. The van der Waals surface area contributed by atoms with Gasteiger partial charge in [0.25, 0.3) is 0 Å². The zero-order chi connectivity index (χ0) is 14.2. The lowest BCUT2D eigenvalue weighted by molar-refractivity contribution is 0.191. The second kappa shape index (κ2) is 8.19. The molecule has 0 aliphatic rings. The third-order valence-electron chi connectivity index (χ3n) is 4.22. The molecule has 0 aliphatic carbocycles. The highest BCUT2D eigenvalue weighted by atomic mass is 15.0. The van der Waals surface area contributed by atoms with Crippen LogP contribution in [0.2, 0.25) is 0 Å². The molecule has 0 bridgehead atoms. The van der Waals surface area contributed by atoms with Gasteiger partial charge in [0.2, 0.25) is 0 Å². The molecule has 1 heteroatoms. The molecular formula is C17H37N. The third kappa shape index (κ3) is 8.13. The van der Waals surface area contributed by atoms with E-state index >= 15 is 0 Å². The monoisotopic (exact) mass is 255 g/mol. The fourth-order valence-corrected chi connectivity index (χ4v) is 2.46. The van der Waals surface area contributed by atoms with Crippen LogP contribution in [0.1, 0.15) is 87.0 Å². The van der Waals surface area contributed by atoms with E-state index in [-0.39, 0.29) is 5.54 Å². The molecule has 0 aromatic heterocycles. The highest BCUT2D eigenvalue weighted by Gasteiger charge is 2.27. The van der Waals surface area contributed by atoms with Crippen molar-refractivity contribution >= 4 is 0 Å². The van der Waals surface area contributed by atoms with Crippen molar-refractivity contribution < 1.29 is 0 Å². The van der Waals surface area contributed by atoms with Crippen LogP contribution in [0.5, 0.6) is 0 Å². The summed E-state index contributed by atoms with van der Waals surface area (Å²) in [4.78, 5) is 0. The van der Waals surface area contributed by atoms with Crippen LogP contribution < -0.4 is 5.32 Å². The largest absolute Gasteiger partial charge is 0.312 e. The summed E-state index contributed by atoms with van der Waals surface area (Å²) >= 11 is 0. The summed E-state index contributed by atoms with van der Waals surface area (Å²) < 4.78 is 0. The molecule has 2 atom stereocenters. The van der Waals surface area contributed by atoms with Crippen LogP contribution in [-0.2, 0) is 0 Å². The van der Waals surface area contributed by atoms with Gasteiger partial charge in [-0.05, 0) is 44.9 Å². The summed E-state index contributed by atoms with van der Waals surface area (Å²) in [7, 11) is 0. The highest BCUT2D eigenvalue weighted by molar-refractivity contribution is 4.82. The predicted molar refractivity (Wildman–Crippen MR) is 84.1 cm³/mol. The van der Waals surface area contributed by atoms with E-state index in [2.05, 4.69) is 53.8 Å². The normalized spacial score (nSPS) is 17.5. The molecule has 18 heavy (non-hydrogen) atoms. The summed E-state index contributed by atoms with van der Waals surface area (Å²) in [5.74, 6) is 0.914. The van der Waals surface area contributed by atoms with Crippen LogP contribution in [0.25, 0.3) is 0 Å². The van der Waals surface area contributed by atoms with Crippen molar-refractivity contribution in [1.29, 1.82) is 0 Å². The van der Waals surface area contributed by atoms with Crippen LogP contribution in [-0.4, -0.2) is 12.1 Å². The first kappa shape index (κ1) is 18.0. The number of nitrogens with one attached hydrogen (secondary N) is 1. The van der Waals surface area contributed by atoms with Crippen LogP contribution in [0.4, 0.5) is 0 Å². The smallest absolute Gasteiger partial charge is 0.00967 e. The van der Waals surface area contributed by atoms with Crippen molar-refractivity contribution in [2.45, 2.75) is 92.5 Å². The molecule has 110 valence electrons. The summed E-state index contributed by atoms with van der Waals surface area (Å²) in [6, 6.07) is 0. The number of hydrogen-bond acceptors (Lipinski definition) is 1. The van der Waals surface area contributed by atoms with Gasteiger partial charge in [-0.15, -0.1) is 0 Å². The van der Waals surface area contributed by atoms with Gasteiger partial charge in [-0.1, -0.05) is 53.4 Å². The zero-order valence-corrected chi connectivity index (χ0v) is 14.0. The molecule has 0 amide bonds. The van der Waals surface area contributed by atoms with E-state index in [9.17, 15) is 0 Å². The minimum Gasteiger partial charge on any atom is -0.312 e. The topological polar surface area (TPSA) is 12.0 Å². The molecule has 0 saturated heterocycles. The van der Waals surface area contributed by atoms with Crippen LogP contribution in [0.15, 0.2) is 0 Å². The second-order valence-corrected chi connectivity index (χ2v) is 7.39. The lowest BCUT2D eigenvalue weighted by Crippen LogP contribution is -2.43. The molecule has 1 N–H and O–H groups in total. The maximum atomic E-state index is 3.70. The van der Waals surface area contributed by atoms with Crippen molar-refractivity contribution in [3.05, 3.63) is 0 Å². The van der Waals surface area contributed by atoms with Gasteiger partial charge in [0.15, 0.2) is 0 Å². The van der Waals surface area contributed by atoms with Crippen molar-refractivity contribution in [2.24, 2.45) is 11.3 Å². The van der Waals surface area contributed by atoms with Crippen LogP contribution in [0.3, 0.4) is 0 Å². The number of hydrogen-bond donors (Lipinski definition) is 1. The molecule has 0 aromatic carbocycles. The molecule has 0 heterocycles. The minimum atomic E-state index is 0.238. The van der Waals surface area contributed by atoms with Gasteiger partial charge in [-0.25, -0.2) is 0 Å². The average Bonchev–Trinajstić information content (AvgIpc) is 2.31. The van der Waals surface area contributed by atoms with E-state index in [1.807, 2.05) is 0 Å². The lowest BCUT2D eigenvalue weighted by atomic mass is 9.76. The SMILES string of the molecule is CCCCC(CC)CC(C)(CC)CNC(C)(C)C. The molecule has 2 unspecified atom stereocenters. The molecule has 0 saturated carbocycles. The van der Waals surface area contributed by atoms with Gasteiger partial charge in [-0.3, -0.25) is 0 Å². The summed E-state index contributed by atoms with van der Waals surface area (Å²) in [6.45, 7) is 17.4. The average molecular weight is 255 g/mol. The van der Waals surface area contributed by atoms with Crippen molar-refractivity contribution in [3.63, 3.8) is 0 Å². The summed E-state index contributed by atoms with van der Waals surface area (Å²) in [6.07, 6.45) is 8.13. The zero-order valence-electron chi connectivity index (χ0n) is 14.0. The van der Waals surface area contributed by atoms with E-state index in [1.165, 1.54) is 38.5 Å². The highest BCUT2D eigenvalue weighted by Crippen LogP contribution is 2.33. The Kier molecular flexibility index (Phi) is 8.18. The lowest BCUT2D eigenvalue weighted by Gasteiger charge is -2.35. The molecule has 1 nitrogen and oxygen atoms in total. The Hall–Kier alpha value is -0.0400. The fourth-order valence-electron chi connectivity index (χ4n) is 2.46. The van der Waals surface area contributed by atoms with Gasteiger partial charge in [-0.2, -0.15) is 0 Å². The first-order chi connectivity index (χ1) is 8.26. The quantitative estimate of drug-likeness (QED) is 0.582. The second-order valence-electron chi connectivity index (χ2n) is 7.39. The van der Waals surface area contributed by atoms with E-state index in [0.717, 1.165) is 12.5 Å². The van der Waals surface area contributed by atoms with Crippen LogP contribution in [0, 0.1) is 11.3 Å². The first-order valence-corrected chi connectivity index (χ1v) is 8.01. The van der Waals surface area contributed by atoms with Crippen molar-refractivity contribution in [3.8, 4) is 0 Å². The molecule has 0 aromatic rings. The molecule has 0 radical (unpaired) electrons. The fraction of sp³-hybridized carbons (Fsp3) is 1.00. The van der Waals surface area contributed by atoms with Gasteiger partial charge < -0.3 is 5.32 Å². The number of rotatable bonds is 9. The van der Waals surface area contributed by atoms with E-state index < -0.39 is 0 Å². The van der Waals surface area contributed by atoms with Gasteiger partial charge >= 0.3 is 0 Å². The predicted octanol–water partition coefficient (Wildman–Crippen LogP) is 5.40. The van der Waals surface area contributed by atoms with E-state index in [0.29, 0.717) is 5.41 Å². The third-order valence-corrected chi connectivity index (χ3v) is 4.22. The Morgan fingerprint density at radius 1 is 1.00 bits per heavy atom. The van der Waals surface area contributed by atoms with E-state index in [1.54, 1.807) is 0 Å². The minimum absolute atomic E-state index is 0.238. The molecule has 0 fully saturated rings. The molecule has 0 spiro atoms. The maximum Gasteiger partial charge on any atom is 0.00967 e. The standard InChI is InChI=1S/C17H37N/c1-8-11-12-15(9-2)13-17(7,10-3)14-18-16(4,5)6/h15,18H,8-14H2,1-7H3. The van der Waals surface area contributed by atoms with Gasteiger partial charge in [0.1, 0.15) is 0 Å². The Labute approximate surface area is 116 Å². The summed E-state index contributed by atoms with van der Waals surface area (Å²) in [5, 5.41) is 3.70. The number of unbranched alkanes of at least 4 members (excludes halogenated alkanes) is 1. The Balaban J connectivity index is 4.34. The van der Waals surface area contributed by atoms with Crippen molar-refractivity contribution in [2.75, 3.05) is 6.54 Å². The molecular weight excluding hydrogens is 218 g/mol. The Bertz CT molecular complexity index is 204. The van der Waals surface area contributed by atoms with Crippen LogP contribution >= 0.6 is 0 Å². The van der Waals surface area contributed by atoms with E-state index in [4.69, 9.17) is 0 Å². The van der Waals surface area contributed by atoms with Crippen molar-refractivity contribution in [1.82, 2.24) is 5.32 Å². The first-order valence-electron chi connectivity index (χ1n) is 8.01. The molecule has 0 rings (SSSR count). The maximum absolute atomic E-state index is 3.70.